The van der Waals surface area contributed by atoms with E-state index in [1.165, 1.54) is 19.3 Å². The standard InChI is InChI=1S/C15H19N3O/c1-17-13-8-4-3-7-12(13)15(16-11-14(17)19)18-9-5-2-6-10-18/h3-4,7-8H,2,5-6,9-11H2,1H3. The van der Waals surface area contributed by atoms with E-state index in [1.807, 2.05) is 25.2 Å². The highest BCUT2D eigenvalue weighted by molar-refractivity contribution is 6.10. The molecule has 2 aliphatic rings. The molecule has 1 saturated heterocycles. The van der Waals surface area contributed by atoms with Gasteiger partial charge in [0.1, 0.15) is 12.4 Å². The SMILES string of the molecule is CN1C(=O)CN=C(N2CCCCC2)c2ccccc21. The maximum atomic E-state index is 12.0. The van der Waals surface area contributed by atoms with Gasteiger partial charge in [-0.1, -0.05) is 12.1 Å². The number of likely N-dealkylation sites (N-methyl/N-ethyl adjacent to an activating group) is 1. The molecule has 0 spiro atoms. The van der Waals surface area contributed by atoms with Gasteiger partial charge in [0.15, 0.2) is 0 Å². The summed E-state index contributed by atoms with van der Waals surface area (Å²) in [5.41, 5.74) is 2.05. The molecule has 1 fully saturated rings. The van der Waals surface area contributed by atoms with Crippen LogP contribution in [0.15, 0.2) is 29.3 Å². The number of amides is 1. The second-order valence-electron chi connectivity index (χ2n) is 5.16. The number of carbonyl (C=O) groups excluding carboxylic acids is 1. The van der Waals surface area contributed by atoms with Crippen LogP contribution in [-0.2, 0) is 4.79 Å². The molecule has 1 aromatic carbocycles. The number of hydrogen-bond donors (Lipinski definition) is 0. The van der Waals surface area contributed by atoms with E-state index in [4.69, 9.17) is 0 Å². The van der Waals surface area contributed by atoms with Crippen molar-refractivity contribution in [2.45, 2.75) is 19.3 Å². The van der Waals surface area contributed by atoms with Crippen LogP contribution < -0.4 is 4.90 Å². The van der Waals surface area contributed by atoms with Gasteiger partial charge in [-0.15, -0.1) is 0 Å². The summed E-state index contributed by atoms with van der Waals surface area (Å²) in [6.07, 6.45) is 3.72. The van der Waals surface area contributed by atoms with E-state index in [9.17, 15) is 4.79 Å². The minimum Gasteiger partial charge on any atom is -0.356 e. The third-order valence-corrected chi connectivity index (χ3v) is 3.90. The molecular formula is C15H19N3O. The van der Waals surface area contributed by atoms with Crippen LogP contribution in [0.3, 0.4) is 0 Å². The van der Waals surface area contributed by atoms with Gasteiger partial charge in [-0.05, 0) is 31.4 Å². The van der Waals surface area contributed by atoms with Crippen LogP contribution in [0.4, 0.5) is 5.69 Å². The van der Waals surface area contributed by atoms with Crippen LogP contribution in [0.1, 0.15) is 24.8 Å². The summed E-state index contributed by atoms with van der Waals surface area (Å²) in [6.45, 7) is 2.34. The van der Waals surface area contributed by atoms with E-state index in [0.717, 1.165) is 30.2 Å². The number of aliphatic imine (C=N–C) groups is 1. The minimum absolute atomic E-state index is 0.0551. The van der Waals surface area contributed by atoms with E-state index in [0.29, 0.717) is 0 Å². The lowest BCUT2D eigenvalue weighted by atomic mass is 10.1. The molecule has 0 atom stereocenters. The number of anilines is 1. The molecule has 0 saturated carbocycles. The highest BCUT2D eigenvalue weighted by Crippen LogP contribution is 2.25. The first-order valence-electron chi connectivity index (χ1n) is 6.93. The Balaban J connectivity index is 2.03. The van der Waals surface area contributed by atoms with E-state index in [-0.39, 0.29) is 12.5 Å². The normalized spacial score (nSPS) is 19.8. The second kappa shape index (κ2) is 5.03. The molecule has 0 unspecified atom stereocenters. The van der Waals surface area contributed by atoms with Gasteiger partial charge < -0.3 is 9.80 Å². The topological polar surface area (TPSA) is 35.9 Å². The molecule has 0 aliphatic carbocycles. The quantitative estimate of drug-likeness (QED) is 0.711. The number of amidine groups is 1. The zero-order chi connectivity index (χ0) is 13.2. The largest absolute Gasteiger partial charge is 0.356 e. The lowest BCUT2D eigenvalue weighted by Crippen LogP contribution is -2.36. The first-order valence-corrected chi connectivity index (χ1v) is 6.93. The average Bonchev–Trinajstić information content (AvgIpc) is 2.59. The summed E-state index contributed by atoms with van der Waals surface area (Å²) in [6, 6.07) is 8.06. The molecule has 4 heteroatoms. The highest BCUT2D eigenvalue weighted by atomic mass is 16.2. The monoisotopic (exact) mass is 257 g/mol. The zero-order valence-corrected chi connectivity index (χ0v) is 11.3. The van der Waals surface area contributed by atoms with Crippen LogP contribution in [-0.4, -0.2) is 43.3 Å². The predicted octanol–water partition coefficient (Wildman–Crippen LogP) is 1.90. The predicted molar refractivity (Wildman–Crippen MR) is 76.7 cm³/mol. The Kier molecular flexibility index (Phi) is 3.23. The van der Waals surface area contributed by atoms with Gasteiger partial charge in [-0.3, -0.25) is 9.79 Å². The van der Waals surface area contributed by atoms with Gasteiger partial charge in [0.05, 0.1) is 5.69 Å². The van der Waals surface area contributed by atoms with Crippen LogP contribution in [0.5, 0.6) is 0 Å². The first-order chi connectivity index (χ1) is 9.27. The van der Waals surface area contributed by atoms with Gasteiger partial charge in [-0.25, -0.2) is 0 Å². The van der Waals surface area contributed by atoms with Crippen LogP contribution in [0, 0.1) is 0 Å². The van der Waals surface area contributed by atoms with E-state index < -0.39 is 0 Å². The van der Waals surface area contributed by atoms with Gasteiger partial charge in [-0.2, -0.15) is 0 Å². The van der Waals surface area contributed by atoms with Crippen molar-refractivity contribution in [2.75, 3.05) is 31.6 Å². The summed E-state index contributed by atoms with van der Waals surface area (Å²) in [4.78, 5) is 20.6. The molecule has 1 amide bonds. The second-order valence-corrected chi connectivity index (χ2v) is 5.16. The molecule has 100 valence electrons. The number of benzene rings is 1. The fraction of sp³-hybridized carbons (Fsp3) is 0.467. The smallest absolute Gasteiger partial charge is 0.248 e. The molecule has 3 rings (SSSR count). The number of fused-ring (bicyclic) bond motifs is 1. The highest BCUT2D eigenvalue weighted by Gasteiger charge is 2.25. The third kappa shape index (κ3) is 2.23. The van der Waals surface area contributed by atoms with Crippen molar-refractivity contribution in [3.05, 3.63) is 29.8 Å². The van der Waals surface area contributed by atoms with Gasteiger partial charge >= 0.3 is 0 Å². The summed E-state index contributed by atoms with van der Waals surface area (Å²) in [5.74, 6) is 1.05. The molecule has 0 bridgehead atoms. The molecule has 0 aromatic heterocycles. The molecule has 0 N–H and O–H groups in total. The summed E-state index contributed by atoms with van der Waals surface area (Å²) in [7, 11) is 1.83. The van der Waals surface area contributed by atoms with Gasteiger partial charge in [0.25, 0.3) is 0 Å². The van der Waals surface area contributed by atoms with E-state index in [2.05, 4.69) is 16.0 Å². The number of piperidine rings is 1. The first kappa shape index (κ1) is 12.2. The Morgan fingerprint density at radius 2 is 1.84 bits per heavy atom. The minimum atomic E-state index is 0.0551. The zero-order valence-electron chi connectivity index (χ0n) is 11.3. The summed E-state index contributed by atoms with van der Waals surface area (Å²) < 4.78 is 0. The number of para-hydroxylation sites is 1. The van der Waals surface area contributed by atoms with Crippen LogP contribution in [0.25, 0.3) is 0 Å². The Morgan fingerprint density at radius 3 is 2.63 bits per heavy atom. The Labute approximate surface area is 113 Å². The lowest BCUT2D eigenvalue weighted by molar-refractivity contribution is -0.116. The van der Waals surface area contributed by atoms with Gasteiger partial charge in [0, 0.05) is 25.7 Å². The molecule has 2 aliphatic heterocycles. The maximum absolute atomic E-state index is 12.0. The third-order valence-electron chi connectivity index (χ3n) is 3.90. The fourth-order valence-electron chi connectivity index (χ4n) is 2.80. The Morgan fingerprint density at radius 1 is 1.11 bits per heavy atom. The fourth-order valence-corrected chi connectivity index (χ4v) is 2.80. The Hall–Kier alpha value is -1.84. The summed E-state index contributed by atoms with van der Waals surface area (Å²) >= 11 is 0. The van der Waals surface area contributed by atoms with Crippen LogP contribution >= 0.6 is 0 Å². The van der Waals surface area contributed by atoms with Crippen molar-refractivity contribution < 1.29 is 4.79 Å². The molecule has 1 aromatic rings. The molecular weight excluding hydrogens is 238 g/mol. The van der Waals surface area contributed by atoms with Crippen LogP contribution in [0.2, 0.25) is 0 Å². The van der Waals surface area contributed by atoms with Crippen molar-refractivity contribution in [2.24, 2.45) is 4.99 Å². The molecule has 19 heavy (non-hydrogen) atoms. The average molecular weight is 257 g/mol. The molecule has 2 heterocycles. The Bertz CT molecular complexity index is 518. The maximum Gasteiger partial charge on any atom is 0.248 e. The van der Waals surface area contributed by atoms with Gasteiger partial charge in [0.2, 0.25) is 5.91 Å². The van der Waals surface area contributed by atoms with Crippen molar-refractivity contribution >= 4 is 17.4 Å². The van der Waals surface area contributed by atoms with E-state index >= 15 is 0 Å². The summed E-state index contributed by atoms with van der Waals surface area (Å²) in [5, 5.41) is 0. The number of likely N-dealkylation sites (tertiary alicyclic amines) is 1. The number of benzodiazepines with no additional fused rings is 1. The van der Waals surface area contributed by atoms with Crippen molar-refractivity contribution in [1.29, 1.82) is 0 Å². The van der Waals surface area contributed by atoms with Crippen molar-refractivity contribution in [3.63, 3.8) is 0 Å². The molecule has 4 nitrogen and oxygen atoms in total. The number of carbonyl (C=O) groups is 1. The molecule has 0 radical (unpaired) electrons. The van der Waals surface area contributed by atoms with Crippen molar-refractivity contribution in [1.82, 2.24) is 4.90 Å². The number of nitrogens with zero attached hydrogens (tertiary/aromatic N) is 3. The van der Waals surface area contributed by atoms with E-state index in [1.54, 1.807) is 4.90 Å². The number of hydrogen-bond acceptors (Lipinski definition) is 3. The number of rotatable bonds is 0. The lowest BCUT2D eigenvalue weighted by Gasteiger charge is -2.30. The van der Waals surface area contributed by atoms with Crippen molar-refractivity contribution in [3.8, 4) is 0 Å².